The third kappa shape index (κ3) is 3.63. The topological polar surface area (TPSA) is 51.5 Å². The first-order valence-corrected chi connectivity index (χ1v) is 6.44. The predicted molar refractivity (Wildman–Crippen MR) is 67.7 cm³/mol. The minimum absolute atomic E-state index is 0.159. The Labute approximate surface area is 118 Å². The molecular weight excluding hydrogens is 289 g/mol. The summed E-state index contributed by atoms with van der Waals surface area (Å²) in [6.07, 6.45) is -3.88. The summed E-state index contributed by atoms with van der Waals surface area (Å²) < 4.78 is 43.9. The SMILES string of the molecule is C[C@@H]1COCCN1C(=O)Cn1cc(C(F)(F)F)ccc1=O. The van der Waals surface area contributed by atoms with E-state index in [0.717, 1.165) is 10.6 Å². The molecule has 5 nitrogen and oxygen atoms in total. The molecule has 2 heterocycles. The number of alkyl halides is 3. The minimum Gasteiger partial charge on any atom is -0.377 e. The number of ether oxygens (including phenoxy) is 1. The number of halogens is 3. The molecule has 0 N–H and O–H groups in total. The molecule has 2 rings (SSSR count). The van der Waals surface area contributed by atoms with E-state index in [2.05, 4.69) is 0 Å². The number of aromatic nitrogens is 1. The van der Waals surface area contributed by atoms with Crippen LogP contribution in [0.5, 0.6) is 0 Å². The molecule has 0 aliphatic carbocycles. The fraction of sp³-hybridized carbons (Fsp3) is 0.538. The molecule has 0 unspecified atom stereocenters. The van der Waals surface area contributed by atoms with E-state index in [9.17, 15) is 22.8 Å². The van der Waals surface area contributed by atoms with Crippen molar-refractivity contribution in [3.05, 3.63) is 34.2 Å². The first-order valence-electron chi connectivity index (χ1n) is 6.44. The summed E-state index contributed by atoms with van der Waals surface area (Å²) in [6.45, 7) is 2.50. The molecule has 0 spiro atoms. The number of hydrogen-bond acceptors (Lipinski definition) is 3. The number of carbonyl (C=O) groups is 1. The van der Waals surface area contributed by atoms with Gasteiger partial charge in [0.05, 0.1) is 24.8 Å². The maximum absolute atomic E-state index is 12.6. The molecule has 1 aromatic heterocycles. The Balaban J connectivity index is 2.19. The van der Waals surface area contributed by atoms with Crippen molar-refractivity contribution in [2.45, 2.75) is 25.7 Å². The molecule has 1 aliphatic rings. The summed E-state index contributed by atoms with van der Waals surface area (Å²) in [5.41, 5.74) is -1.60. The second kappa shape index (κ2) is 5.88. The lowest BCUT2D eigenvalue weighted by atomic mass is 10.2. The Bertz CT molecular complexity index is 583. The first-order chi connectivity index (χ1) is 9.79. The lowest BCUT2D eigenvalue weighted by Gasteiger charge is -2.33. The molecule has 1 atom stereocenters. The second-order valence-corrected chi connectivity index (χ2v) is 4.89. The van der Waals surface area contributed by atoms with Gasteiger partial charge in [-0.25, -0.2) is 0 Å². The van der Waals surface area contributed by atoms with E-state index in [0.29, 0.717) is 32.0 Å². The molecule has 0 bridgehead atoms. The van der Waals surface area contributed by atoms with Gasteiger partial charge in [-0.2, -0.15) is 13.2 Å². The summed E-state index contributed by atoms with van der Waals surface area (Å²) in [5.74, 6) is -0.396. The fourth-order valence-corrected chi connectivity index (χ4v) is 2.16. The number of pyridine rings is 1. The Hall–Kier alpha value is -1.83. The molecule has 116 valence electrons. The highest BCUT2D eigenvalue weighted by Gasteiger charge is 2.31. The lowest BCUT2D eigenvalue weighted by molar-refractivity contribution is -0.141. The Kier molecular flexibility index (Phi) is 4.36. The van der Waals surface area contributed by atoms with Crippen LogP contribution < -0.4 is 5.56 Å². The molecule has 1 saturated heterocycles. The van der Waals surface area contributed by atoms with E-state index in [1.807, 2.05) is 0 Å². The normalized spacial score (nSPS) is 19.6. The zero-order valence-corrected chi connectivity index (χ0v) is 11.4. The first kappa shape index (κ1) is 15.6. The molecule has 21 heavy (non-hydrogen) atoms. The smallest absolute Gasteiger partial charge is 0.377 e. The van der Waals surface area contributed by atoms with Crippen LogP contribution in [0.15, 0.2) is 23.1 Å². The fourth-order valence-electron chi connectivity index (χ4n) is 2.16. The van der Waals surface area contributed by atoms with Crippen LogP contribution in [-0.2, 0) is 22.3 Å². The second-order valence-electron chi connectivity index (χ2n) is 4.89. The van der Waals surface area contributed by atoms with Gasteiger partial charge in [0, 0.05) is 18.8 Å². The third-order valence-corrected chi connectivity index (χ3v) is 3.30. The summed E-state index contributed by atoms with van der Waals surface area (Å²) >= 11 is 0. The van der Waals surface area contributed by atoms with Gasteiger partial charge in [0.2, 0.25) is 5.91 Å². The van der Waals surface area contributed by atoms with Crippen LogP contribution in [0.1, 0.15) is 12.5 Å². The van der Waals surface area contributed by atoms with Crippen molar-refractivity contribution in [3.8, 4) is 0 Å². The number of nitrogens with zero attached hydrogens (tertiary/aromatic N) is 2. The van der Waals surface area contributed by atoms with Crippen molar-refractivity contribution < 1.29 is 22.7 Å². The van der Waals surface area contributed by atoms with E-state index < -0.39 is 29.8 Å². The van der Waals surface area contributed by atoms with E-state index >= 15 is 0 Å². The van der Waals surface area contributed by atoms with Gasteiger partial charge < -0.3 is 14.2 Å². The van der Waals surface area contributed by atoms with Gasteiger partial charge in [-0.3, -0.25) is 9.59 Å². The number of hydrogen-bond donors (Lipinski definition) is 0. The monoisotopic (exact) mass is 304 g/mol. The van der Waals surface area contributed by atoms with Crippen molar-refractivity contribution in [1.82, 2.24) is 9.47 Å². The van der Waals surface area contributed by atoms with Gasteiger partial charge in [-0.05, 0) is 13.0 Å². The third-order valence-electron chi connectivity index (χ3n) is 3.30. The van der Waals surface area contributed by atoms with Gasteiger partial charge in [-0.15, -0.1) is 0 Å². The van der Waals surface area contributed by atoms with Crippen LogP contribution in [0.3, 0.4) is 0 Å². The number of amides is 1. The van der Waals surface area contributed by atoms with Crippen molar-refractivity contribution in [3.63, 3.8) is 0 Å². The van der Waals surface area contributed by atoms with Crippen LogP contribution in [0.4, 0.5) is 13.2 Å². The van der Waals surface area contributed by atoms with Gasteiger partial charge in [0.1, 0.15) is 6.54 Å². The van der Waals surface area contributed by atoms with Crippen molar-refractivity contribution >= 4 is 5.91 Å². The maximum Gasteiger partial charge on any atom is 0.417 e. The number of carbonyl (C=O) groups excluding carboxylic acids is 1. The minimum atomic E-state index is -4.55. The van der Waals surface area contributed by atoms with E-state index in [-0.39, 0.29) is 6.04 Å². The summed E-state index contributed by atoms with van der Waals surface area (Å²) in [5, 5.41) is 0. The molecule has 1 amide bonds. The van der Waals surface area contributed by atoms with E-state index in [1.54, 1.807) is 6.92 Å². The highest BCUT2D eigenvalue weighted by atomic mass is 19.4. The van der Waals surface area contributed by atoms with E-state index in [4.69, 9.17) is 4.74 Å². The standard InChI is InChI=1S/C13H15F3N2O3/c1-9-8-21-5-4-18(9)12(20)7-17-6-10(13(14,15)16)2-3-11(17)19/h2-3,6,9H,4-5,7-8H2,1H3/t9-/m1/s1. The zero-order valence-electron chi connectivity index (χ0n) is 11.4. The Morgan fingerprint density at radius 3 is 2.76 bits per heavy atom. The zero-order chi connectivity index (χ0) is 15.6. The van der Waals surface area contributed by atoms with Crippen LogP contribution >= 0.6 is 0 Å². The molecule has 0 aromatic carbocycles. The highest BCUT2D eigenvalue weighted by Crippen LogP contribution is 2.28. The van der Waals surface area contributed by atoms with Gasteiger partial charge in [0.25, 0.3) is 5.56 Å². The molecule has 1 aliphatic heterocycles. The summed E-state index contributed by atoms with van der Waals surface area (Å²) in [4.78, 5) is 25.2. The van der Waals surface area contributed by atoms with Crippen molar-refractivity contribution in [2.24, 2.45) is 0 Å². The molecule has 0 saturated carbocycles. The van der Waals surface area contributed by atoms with Crippen LogP contribution in [0, 0.1) is 0 Å². The average Bonchev–Trinajstić information content (AvgIpc) is 2.40. The van der Waals surface area contributed by atoms with Crippen LogP contribution in [-0.4, -0.2) is 41.2 Å². The predicted octanol–water partition coefficient (Wildman–Crippen LogP) is 1.11. The maximum atomic E-state index is 12.6. The quantitative estimate of drug-likeness (QED) is 0.822. The Morgan fingerprint density at radius 1 is 1.43 bits per heavy atom. The molecule has 0 radical (unpaired) electrons. The van der Waals surface area contributed by atoms with Crippen LogP contribution in [0.25, 0.3) is 0 Å². The highest BCUT2D eigenvalue weighted by molar-refractivity contribution is 5.76. The van der Waals surface area contributed by atoms with E-state index in [1.165, 1.54) is 4.90 Å². The molecule has 1 fully saturated rings. The van der Waals surface area contributed by atoms with Crippen molar-refractivity contribution in [2.75, 3.05) is 19.8 Å². The van der Waals surface area contributed by atoms with Crippen LogP contribution in [0.2, 0.25) is 0 Å². The molecule has 8 heteroatoms. The van der Waals surface area contributed by atoms with Crippen molar-refractivity contribution in [1.29, 1.82) is 0 Å². The summed E-state index contributed by atoms with van der Waals surface area (Å²) in [7, 11) is 0. The van der Waals surface area contributed by atoms with Gasteiger partial charge >= 0.3 is 6.18 Å². The lowest BCUT2D eigenvalue weighted by Crippen LogP contribution is -2.48. The molecular formula is C13H15F3N2O3. The largest absolute Gasteiger partial charge is 0.417 e. The van der Waals surface area contributed by atoms with Gasteiger partial charge in [-0.1, -0.05) is 0 Å². The Morgan fingerprint density at radius 2 is 2.14 bits per heavy atom. The number of morpholine rings is 1. The number of rotatable bonds is 2. The average molecular weight is 304 g/mol. The van der Waals surface area contributed by atoms with Gasteiger partial charge in [0.15, 0.2) is 0 Å². The summed E-state index contributed by atoms with van der Waals surface area (Å²) in [6, 6.07) is 1.37. The molecule has 1 aromatic rings.